The molecule has 0 radical (unpaired) electrons. The maximum atomic E-state index is 13.0. The minimum atomic E-state index is -4.49. The number of hydrogen-bond donors (Lipinski definition) is 1. The van der Waals surface area contributed by atoms with Gasteiger partial charge in [0.15, 0.2) is 6.19 Å². The molecule has 4 rings (SSSR count). The van der Waals surface area contributed by atoms with E-state index in [9.17, 15) is 23.2 Å². The quantitative estimate of drug-likeness (QED) is 0.799. The van der Waals surface area contributed by atoms with Crippen LogP contribution in [0.3, 0.4) is 0 Å². The van der Waals surface area contributed by atoms with Crippen LogP contribution in [-0.2, 0) is 11.0 Å². The molecule has 1 N–H and O–H groups in total. The predicted octanol–water partition coefficient (Wildman–Crippen LogP) is 2.44. The maximum Gasteiger partial charge on any atom is 0.433 e. The fourth-order valence-electron chi connectivity index (χ4n) is 4.74. The van der Waals surface area contributed by atoms with Crippen LogP contribution in [0, 0.1) is 24.3 Å². The van der Waals surface area contributed by atoms with Crippen molar-refractivity contribution in [3.8, 4) is 6.19 Å². The summed E-state index contributed by atoms with van der Waals surface area (Å²) in [5.41, 5.74) is -0.419. The molecule has 3 aliphatic heterocycles. The van der Waals surface area contributed by atoms with Gasteiger partial charge in [0.05, 0.1) is 18.0 Å². The van der Waals surface area contributed by atoms with Gasteiger partial charge >= 0.3 is 6.18 Å². The molecule has 150 valence electrons. The fourth-order valence-corrected chi connectivity index (χ4v) is 4.74. The lowest BCUT2D eigenvalue weighted by atomic mass is 9.95. The number of carbonyl (C=O) groups excluding carboxylic acids is 1. The van der Waals surface area contributed by atoms with Crippen molar-refractivity contribution < 1.29 is 18.0 Å². The number of halogens is 3. The third kappa shape index (κ3) is 3.36. The van der Waals surface area contributed by atoms with Crippen molar-refractivity contribution >= 4 is 11.7 Å². The Morgan fingerprint density at radius 1 is 1.32 bits per heavy atom. The second-order valence-electron chi connectivity index (χ2n) is 7.97. The van der Waals surface area contributed by atoms with Gasteiger partial charge in [-0.1, -0.05) is 0 Å². The van der Waals surface area contributed by atoms with Crippen molar-refractivity contribution in [2.24, 2.45) is 5.92 Å². The molecule has 4 heterocycles. The van der Waals surface area contributed by atoms with E-state index in [4.69, 9.17) is 0 Å². The molecule has 6 nitrogen and oxygen atoms in total. The highest BCUT2D eigenvalue weighted by Crippen LogP contribution is 2.37. The Kier molecular flexibility index (Phi) is 4.60. The zero-order valence-electron chi connectivity index (χ0n) is 15.5. The first-order valence-electron chi connectivity index (χ1n) is 9.55. The van der Waals surface area contributed by atoms with E-state index in [0.717, 1.165) is 25.3 Å². The minimum absolute atomic E-state index is 0.0196. The number of pyridine rings is 1. The van der Waals surface area contributed by atoms with Gasteiger partial charge in [-0.15, -0.1) is 0 Å². The molecule has 2 bridgehead atoms. The Balaban J connectivity index is 1.40. The summed E-state index contributed by atoms with van der Waals surface area (Å²) in [6.07, 6.45) is 0.989. The van der Waals surface area contributed by atoms with E-state index in [1.54, 1.807) is 22.8 Å². The second-order valence-corrected chi connectivity index (χ2v) is 7.97. The van der Waals surface area contributed by atoms with E-state index in [0.29, 0.717) is 25.1 Å². The van der Waals surface area contributed by atoms with E-state index in [1.165, 1.54) is 0 Å². The van der Waals surface area contributed by atoms with Crippen LogP contribution in [0.1, 0.15) is 36.9 Å². The molecule has 3 aliphatic rings. The van der Waals surface area contributed by atoms with E-state index in [1.807, 2.05) is 0 Å². The summed E-state index contributed by atoms with van der Waals surface area (Å²) in [6, 6.07) is 2.92. The first-order valence-corrected chi connectivity index (χ1v) is 9.55. The number of rotatable bonds is 3. The van der Waals surface area contributed by atoms with Crippen molar-refractivity contribution in [1.82, 2.24) is 15.2 Å². The van der Waals surface area contributed by atoms with Gasteiger partial charge in [0.1, 0.15) is 11.5 Å². The van der Waals surface area contributed by atoms with Gasteiger partial charge in [0, 0.05) is 19.1 Å². The van der Waals surface area contributed by atoms with Gasteiger partial charge in [0.2, 0.25) is 5.91 Å². The molecule has 1 unspecified atom stereocenters. The van der Waals surface area contributed by atoms with Crippen molar-refractivity contribution in [2.45, 2.75) is 56.9 Å². The molecule has 4 atom stereocenters. The highest BCUT2D eigenvalue weighted by molar-refractivity contribution is 5.80. The standard InChI is InChI=1S/C19H22F3N5O/c1-11-6-16(19(20,21)22)25-17(7-11)26-5-4-12(9-26)18(28)24-14-8-13-2-3-15(14)27(13)10-23/h6-7,12-15H,2-5,8-9H2,1H3,(H,24,28)/t12?,13-,14+,15+/m0/s1. The smallest absolute Gasteiger partial charge is 0.356 e. The molecule has 0 aliphatic carbocycles. The van der Waals surface area contributed by atoms with Crippen LogP contribution in [0.4, 0.5) is 19.0 Å². The predicted molar refractivity (Wildman–Crippen MR) is 95.1 cm³/mol. The minimum Gasteiger partial charge on any atom is -0.356 e. The van der Waals surface area contributed by atoms with E-state index >= 15 is 0 Å². The number of anilines is 1. The van der Waals surface area contributed by atoms with E-state index < -0.39 is 11.9 Å². The Hall–Kier alpha value is -2.50. The average molecular weight is 393 g/mol. The molecule has 0 aromatic carbocycles. The first-order chi connectivity index (χ1) is 13.3. The summed E-state index contributed by atoms with van der Waals surface area (Å²) in [4.78, 5) is 20.0. The van der Waals surface area contributed by atoms with Gasteiger partial charge in [-0.05, 0) is 50.3 Å². The molecule has 28 heavy (non-hydrogen) atoms. The third-order valence-corrected chi connectivity index (χ3v) is 6.11. The van der Waals surface area contributed by atoms with E-state index in [2.05, 4.69) is 16.5 Å². The zero-order chi connectivity index (χ0) is 20.1. The van der Waals surface area contributed by atoms with Crippen LogP contribution in [0.15, 0.2) is 12.1 Å². The molecular weight excluding hydrogens is 371 g/mol. The number of hydrogen-bond acceptors (Lipinski definition) is 5. The molecule has 1 aromatic rings. The van der Waals surface area contributed by atoms with Crippen LogP contribution >= 0.6 is 0 Å². The van der Waals surface area contributed by atoms with E-state index in [-0.39, 0.29) is 35.8 Å². The SMILES string of the molecule is Cc1cc(N2CCC(C(=O)N[C@@H]3C[C@@H]4CC[C@H]3N4C#N)C2)nc(C(F)(F)F)c1. The monoisotopic (exact) mass is 393 g/mol. The summed E-state index contributed by atoms with van der Waals surface area (Å²) in [6.45, 7) is 2.45. The number of fused-ring (bicyclic) bond motifs is 2. The normalized spacial score (nSPS) is 29.2. The summed E-state index contributed by atoms with van der Waals surface area (Å²) >= 11 is 0. The van der Waals surface area contributed by atoms with Gasteiger partial charge in [-0.3, -0.25) is 4.79 Å². The Labute approximate surface area is 161 Å². The number of aryl methyl sites for hydroxylation is 1. The molecular formula is C19H22F3N5O. The number of nitriles is 1. The average Bonchev–Trinajstić information content (AvgIpc) is 3.34. The summed E-state index contributed by atoms with van der Waals surface area (Å²) in [5.74, 6) is -0.105. The lowest BCUT2D eigenvalue weighted by Crippen LogP contribution is -2.46. The Bertz CT molecular complexity index is 821. The van der Waals surface area contributed by atoms with Crippen LogP contribution in [0.25, 0.3) is 0 Å². The summed E-state index contributed by atoms with van der Waals surface area (Å²) in [7, 11) is 0. The third-order valence-electron chi connectivity index (χ3n) is 6.11. The van der Waals surface area contributed by atoms with Gasteiger partial charge in [-0.2, -0.15) is 18.4 Å². The number of nitrogens with one attached hydrogen (secondary N) is 1. The van der Waals surface area contributed by atoms with Gasteiger partial charge in [-0.25, -0.2) is 4.98 Å². The highest BCUT2D eigenvalue weighted by atomic mass is 19.4. The molecule has 0 spiro atoms. The number of alkyl halides is 3. The van der Waals surface area contributed by atoms with Crippen LogP contribution in [0.2, 0.25) is 0 Å². The first kappa shape index (κ1) is 18.8. The summed E-state index contributed by atoms with van der Waals surface area (Å²) in [5, 5.41) is 12.3. The van der Waals surface area contributed by atoms with Crippen molar-refractivity contribution in [2.75, 3.05) is 18.0 Å². The Morgan fingerprint density at radius 3 is 2.79 bits per heavy atom. The largest absolute Gasteiger partial charge is 0.433 e. The number of nitrogens with zero attached hydrogens (tertiary/aromatic N) is 4. The zero-order valence-corrected chi connectivity index (χ0v) is 15.5. The Morgan fingerprint density at radius 2 is 2.11 bits per heavy atom. The van der Waals surface area contributed by atoms with Gasteiger partial charge in [0.25, 0.3) is 0 Å². The lowest BCUT2D eigenvalue weighted by Gasteiger charge is -2.24. The molecule has 1 aromatic heterocycles. The second kappa shape index (κ2) is 6.83. The molecule has 3 saturated heterocycles. The fraction of sp³-hybridized carbons (Fsp3) is 0.632. The number of aromatic nitrogens is 1. The van der Waals surface area contributed by atoms with Crippen LogP contribution in [0.5, 0.6) is 0 Å². The number of amides is 1. The van der Waals surface area contributed by atoms with Crippen LogP contribution < -0.4 is 10.2 Å². The van der Waals surface area contributed by atoms with Crippen LogP contribution in [-0.4, -0.2) is 47.0 Å². The van der Waals surface area contributed by atoms with Crippen molar-refractivity contribution in [1.29, 1.82) is 5.26 Å². The topological polar surface area (TPSA) is 72.3 Å². The van der Waals surface area contributed by atoms with Crippen molar-refractivity contribution in [3.63, 3.8) is 0 Å². The maximum absolute atomic E-state index is 13.0. The molecule has 3 fully saturated rings. The van der Waals surface area contributed by atoms with Crippen molar-refractivity contribution in [3.05, 3.63) is 23.4 Å². The molecule has 0 saturated carbocycles. The molecule has 9 heteroatoms. The lowest BCUT2D eigenvalue weighted by molar-refractivity contribution is -0.141. The molecule has 1 amide bonds. The summed E-state index contributed by atoms with van der Waals surface area (Å²) < 4.78 is 39.1. The number of carbonyl (C=O) groups is 1. The highest BCUT2D eigenvalue weighted by Gasteiger charge is 2.47. The van der Waals surface area contributed by atoms with Gasteiger partial charge < -0.3 is 15.1 Å².